The topological polar surface area (TPSA) is 50.2 Å². The van der Waals surface area contributed by atoms with Crippen LogP contribution in [0, 0.1) is 0 Å². The van der Waals surface area contributed by atoms with Crippen molar-refractivity contribution < 1.29 is 9.90 Å². The van der Waals surface area contributed by atoms with Gasteiger partial charge in [0.1, 0.15) is 5.01 Å². The van der Waals surface area contributed by atoms with E-state index in [9.17, 15) is 4.79 Å². The van der Waals surface area contributed by atoms with Crippen molar-refractivity contribution in [3.8, 4) is 10.6 Å². The zero-order valence-corrected chi connectivity index (χ0v) is 10.3. The first-order chi connectivity index (χ1) is 8.20. The first kappa shape index (κ1) is 11.8. The SMILES string of the molecule is CCc1nc(-c2ccccc2)sc1CC(=O)O. The number of benzene rings is 1. The fourth-order valence-corrected chi connectivity index (χ4v) is 2.79. The molecule has 88 valence electrons. The van der Waals surface area contributed by atoms with E-state index in [4.69, 9.17) is 5.11 Å². The van der Waals surface area contributed by atoms with Crippen LogP contribution in [-0.4, -0.2) is 16.1 Å². The minimum atomic E-state index is -0.803. The Hall–Kier alpha value is -1.68. The Bertz CT molecular complexity index is 519. The van der Waals surface area contributed by atoms with Crippen LogP contribution < -0.4 is 0 Å². The standard InChI is InChI=1S/C13H13NO2S/c1-2-10-11(8-12(15)16)17-13(14-10)9-6-4-3-5-7-9/h3-7H,2,8H2,1H3,(H,15,16). The molecule has 0 aliphatic heterocycles. The molecule has 17 heavy (non-hydrogen) atoms. The van der Waals surface area contributed by atoms with Crippen molar-refractivity contribution in [2.45, 2.75) is 19.8 Å². The van der Waals surface area contributed by atoms with Crippen LogP contribution in [0.5, 0.6) is 0 Å². The number of carboxylic acids is 1. The third-order valence-corrected chi connectivity index (χ3v) is 3.59. The maximum absolute atomic E-state index is 10.8. The Balaban J connectivity index is 2.37. The van der Waals surface area contributed by atoms with Crippen LogP contribution in [0.1, 0.15) is 17.5 Å². The summed E-state index contributed by atoms with van der Waals surface area (Å²) in [6, 6.07) is 9.85. The maximum atomic E-state index is 10.8. The number of aryl methyl sites for hydroxylation is 1. The molecule has 1 heterocycles. The highest BCUT2D eigenvalue weighted by atomic mass is 32.1. The Morgan fingerprint density at radius 3 is 2.65 bits per heavy atom. The van der Waals surface area contributed by atoms with Crippen molar-refractivity contribution >= 4 is 17.3 Å². The number of nitrogens with zero attached hydrogens (tertiary/aromatic N) is 1. The average Bonchev–Trinajstić information content (AvgIpc) is 2.72. The molecule has 1 aromatic carbocycles. The van der Waals surface area contributed by atoms with E-state index in [1.54, 1.807) is 0 Å². The summed E-state index contributed by atoms with van der Waals surface area (Å²) in [5.74, 6) is -0.803. The quantitative estimate of drug-likeness (QED) is 0.903. The van der Waals surface area contributed by atoms with E-state index in [1.807, 2.05) is 37.3 Å². The molecular formula is C13H13NO2S. The van der Waals surface area contributed by atoms with Gasteiger partial charge in [-0.25, -0.2) is 4.98 Å². The molecule has 0 saturated carbocycles. The zero-order valence-electron chi connectivity index (χ0n) is 9.51. The lowest BCUT2D eigenvalue weighted by molar-refractivity contribution is -0.136. The van der Waals surface area contributed by atoms with E-state index in [0.29, 0.717) is 0 Å². The van der Waals surface area contributed by atoms with Gasteiger partial charge in [-0.3, -0.25) is 4.79 Å². The molecule has 3 nitrogen and oxygen atoms in total. The number of hydrogen-bond donors (Lipinski definition) is 1. The molecule has 0 aliphatic rings. The summed E-state index contributed by atoms with van der Waals surface area (Å²) >= 11 is 1.47. The van der Waals surface area contributed by atoms with E-state index < -0.39 is 5.97 Å². The van der Waals surface area contributed by atoms with Gasteiger partial charge < -0.3 is 5.11 Å². The van der Waals surface area contributed by atoms with Gasteiger partial charge in [0.05, 0.1) is 12.1 Å². The predicted molar refractivity (Wildman–Crippen MR) is 68.3 cm³/mol. The lowest BCUT2D eigenvalue weighted by Crippen LogP contribution is -2.00. The van der Waals surface area contributed by atoms with Crippen LogP contribution in [0.3, 0.4) is 0 Å². The molecule has 0 amide bonds. The monoisotopic (exact) mass is 247 g/mol. The molecule has 0 aliphatic carbocycles. The summed E-state index contributed by atoms with van der Waals surface area (Å²) in [4.78, 5) is 16.1. The van der Waals surface area contributed by atoms with Crippen molar-refractivity contribution in [2.75, 3.05) is 0 Å². The van der Waals surface area contributed by atoms with E-state index in [2.05, 4.69) is 4.98 Å². The van der Waals surface area contributed by atoms with Gasteiger partial charge in [0.15, 0.2) is 0 Å². The minimum Gasteiger partial charge on any atom is -0.481 e. The summed E-state index contributed by atoms with van der Waals surface area (Å²) in [5.41, 5.74) is 1.94. The van der Waals surface area contributed by atoms with E-state index in [1.165, 1.54) is 11.3 Å². The molecule has 0 fully saturated rings. The largest absolute Gasteiger partial charge is 0.481 e. The summed E-state index contributed by atoms with van der Waals surface area (Å²) in [7, 11) is 0. The highest BCUT2D eigenvalue weighted by Crippen LogP contribution is 2.28. The van der Waals surface area contributed by atoms with E-state index in [0.717, 1.165) is 27.6 Å². The summed E-state index contributed by atoms with van der Waals surface area (Å²) in [6.45, 7) is 2.00. The number of carbonyl (C=O) groups is 1. The van der Waals surface area contributed by atoms with E-state index >= 15 is 0 Å². The molecule has 0 saturated heterocycles. The average molecular weight is 247 g/mol. The predicted octanol–water partition coefficient (Wildman–Crippen LogP) is 3.00. The summed E-state index contributed by atoms with van der Waals surface area (Å²) in [5, 5.41) is 9.75. The second kappa shape index (κ2) is 5.10. The third-order valence-electron chi connectivity index (χ3n) is 2.45. The molecule has 2 aromatic rings. The van der Waals surface area contributed by atoms with Crippen molar-refractivity contribution in [2.24, 2.45) is 0 Å². The normalized spacial score (nSPS) is 10.4. The lowest BCUT2D eigenvalue weighted by atomic mass is 10.2. The number of aromatic nitrogens is 1. The first-order valence-electron chi connectivity index (χ1n) is 5.46. The molecule has 0 spiro atoms. The number of hydrogen-bond acceptors (Lipinski definition) is 3. The Kier molecular flexibility index (Phi) is 3.54. The van der Waals surface area contributed by atoms with Crippen LogP contribution in [0.4, 0.5) is 0 Å². The Morgan fingerprint density at radius 1 is 1.35 bits per heavy atom. The van der Waals surface area contributed by atoms with Gasteiger partial charge >= 0.3 is 5.97 Å². The molecule has 0 bridgehead atoms. The molecule has 4 heteroatoms. The number of rotatable bonds is 4. The highest BCUT2D eigenvalue weighted by molar-refractivity contribution is 7.15. The molecule has 1 N–H and O–H groups in total. The molecule has 0 atom stereocenters. The number of aliphatic carboxylic acids is 1. The Labute approximate surface area is 104 Å². The lowest BCUT2D eigenvalue weighted by Gasteiger charge is -1.93. The molecule has 0 unspecified atom stereocenters. The third kappa shape index (κ3) is 2.71. The fourth-order valence-electron chi connectivity index (χ4n) is 1.64. The van der Waals surface area contributed by atoms with Gasteiger partial charge in [-0.2, -0.15) is 0 Å². The number of carboxylic acid groups (broad SMARTS) is 1. The highest BCUT2D eigenvalue weighted by Gasteiger charge is 2.13. The van der Waals surface area contributed by atoms with Crippen LogP contribution in [-0.2, 0) is 17.6 Å². The van der Waals surface area contributed by atoms with Crippen LogP contribution in [0.2, 0.25) is 0 Å². The first-order valence-corrected chi connectivity index (χ1v) is 6.28. The van der Waals surface area contributed by atoms with Crippen LogP contribution >= 0.6 is 11.3 Å². The van der Waals surface area contributed by atoms with Gasteiger partial charge in [0.25, 0.3) is 0 Å². The van der Waals surface area contributed by atoms with Crippen LogP contribution in [0.25, 0.3) is 10.6 Å². The molecule has 1 aromatic heterocycles. The van der Waals surface area contributed by atoms with Crippen molar-refractivity contribution in [3.05, 3.63) is 40.9 Å². The second-order valence-corrected chi connectivity index (χ2v) is 4.76. The summed E-state index contributed by atoms with van der Waals surface area (Å²) in [6.07, 6.45) is 0.833. The fraction of sp³-hybridized carbons (Fsp3) is 0.231. The van der Waals surface area contributed by atoms with E-state index in [-0.39, 0.29) is 6.42 Å². The Morgan fingerprint density at radius 2 is 2.06 bits per heavy atom. The van der Waals surface area contributed by atoms with Crippen molar-refractivity contribution in [1.29, 1.82) is 0 Å². The smallest absolute Gasteiger partial charge is 0.308 e. The maximum Gasteiger partial charge on any atom is 0.308 e. The van der Waals surface area contributed by atoms with Gasteiger partial charge in [0, 0.05) is 10.4 Å². The van der Waals surface area contributed by atoms with Crippen LogP contribution in [0.15, 0.2) is 30.3 Å². The minimum absolute atomic E-state index is 0.0632. The summed E-state index contributed by atoms with van der Waals surface area (Å²) < 4.78 is 0. The number of thiazole rings is 1. The second-order valence-electron chi connectivity index (χ2n) is 3.68. The van der Waals surface area contributed by atoms with Crippen molar-refractivity contribution in [3.63, 3.8) is 0 Å². The zero-order chi connectivity index (χ0) is 12.3. The van der Waals surface area contributed by atoms with Gasteiger partial charge in [-0.15, -0.1) is 11.3 Å². The molecule has 0 radical (unpaired) electrons. The van der Waals surface area contributed by atoms with Gasteiger partial charge in [0.2, 0.25) is 0 Å². The van der Waals surface area contributed by atoms with Gasteiger partial charge in [-0.1, -0.05) is 37.3 Å². The van der Waals surface area contributed by atoms with Gasteiger partial charge in [-0.05, 0) is 6.42 Å². The van der Waals surface area contributed by atoms with Crippen molar-refractivity contribution in [1.82, 2.24) is 4.98 Å². The molecule has 2 rings (SSSR count). The molecular weight excluding hydrogens is 234 g/mol.